The number of nitrogens with zero attached hydrogens (tertiary/aromatic N) is 2. The zero-order valence-electron chi connectivity index (χ0n) is 24.2. The van der Waals surface area contributed by atoms with Gasteiger partial charge in [0.2, 0.25) is 0 Å². The molecular weight excluding hydrogens is 548 g/mol. The molecule has 3 heteroatoms. The fraction of sp³-hybridized carbons (Fsp3) is 0. The number of aromatic nitrogens is 2. The lowest BCUT2D eigenvalue weighted by Gasteiger charge is -2.14. The Balaban J connectivity index is 1.30. The van der Waals surface area contributed by atoms with Gasteiger partial charge in [-0.15, -0.1) is 0 Å². The first kappa shape index (κ1) is 24.4. The lowest BCUT2D eigenvalue weighted by Crippen LogP contribution is -1.96. The van der Waals surface area contributed by atoms with Gasteiger partial charge in [-0.1, -0.05) is 115 Å². The number of fused-ring (bicyclic) bond motifs is 13. The Kier molecular flexibility index (Phi) is 5.00. The van der Waals surface area contributed by atoms with Crippen molar-refractivity contribution in [2.24, 2.45) is 0 Å². The summed E-state index contributed by atoms with van der Waals surface area (Å²) in [7, 11) is 0. The molecule has 0 amide bonds. The number of furan rings is 1. The van der Waals surface area contributed by atoms with Crippen LogP contribution in [0.1, 0.15) is 0 Å². The summed E-state index contributed by atoms with van der Waals surface area (Å²) < 4.78 is 6.30. The van der Waals surface area contributed by atoms with Gasteiger partial charge < -0.3 is 4.42 Å². The topological polar surface area (TPSA) is 38.9 Å². The third-order valence-electron chi connectivity index (χ3n) is 9.24. The summed E-state index contributed by atoms with van der Waals surface area (Å²) in [6.07, 6.45) is 0. The van der Waals surface area contributed by atoms with Gasteiger partial charge in [0.15, 0.2) is 5.82 Å². The van der Waals surface area contributed by atoms with Gasteiger partial charge in [-0.05, 0) is 62.6 Å². The van der Waals surface area contributed by atoms with Crippen molar-refractivity contribution >= 4 is 75.9 Å². The van der Waals surface area contributed by atoms with Crippen molar-refractivity contribution in [2.75, 3.05) is 0 Å². The van der Waals surface area contributed by atoms with Crippen molar-refractivity contribution < 1.29 is 4.42 Å². The molecular formula is C42H24N2O. The predicted molar refractivity (Wildman–Crippen MR) is 188 cm³/mol. The highest BCUT2D eigenvalue weighted by molar-refractivity contribution is 6.34. The largest absolute Gasteiger partial charge is 0.456 e. The Bertz CT molecular complexity index is 2790. The lowest BCUT2D eigenvalue weighted by atomic mass is 9.91. The first-order valence-corrected chi connectivity index (χ1v) is 15.3. The van der Waals surface area contributed by atoms with Gasteiger partial charge in [-0.2, -0.15) is 0 Å². The third-order valence-corrected chi connectivity index (χ3v) is 9.24. The van der Waals surface area contributed by atoms with E-state index in [1.165, 1.54) is 43.1 Å². The normalized spacial score (nSPS) is 12.0. The van der Waals surface area contributed by atoms with E-state index in [2.05, 4.69) is 127 Å². The van der Waals surface area contributed by atoms with Crippen LogP contribution in [0.2, 0.25) is 0 Å². The molecule has 8 aromatic carbocycles. The van der Waals surface area contributed by atoms with Crippen molar-refractivity contribution in [2.45, 2.75) is 0 Å². The molecule has 0 aliphatic heterocycles. The number of benzene rings is 8. The Labute approximate surface area is 258 Å². The molecule has 3 nitrogen and oxygen atoms in total. The van der Waals surface area contributed by atoms with Crippen LogP contribution in [-0.2, 0) is 0 Å². The van der Waals surface area contributed by atoms with Crippen molar-refractivity contribution in [3.05, 3.63) is 146 Å². The van der Waals surface area contributed by atoms with Gasteiger partial charge in [0.05, 0.1) is 11.2 Å². The summed E-state index contributed by atoms with van der Waals surface area (Å²) in [5.74, 6) is 0.722. The van der Waals surface area contributed by atoms with Crippen LogP contribution in [0.25, 0.3) is 98.6 Å². The van der Waals surface area contributed by atoms with Gasteiger partial charge in [-0.3, -0.25) is 0 Å². The Morgan fingerprint density at radius 2 is 1.04 bits per heavy atom. The number of rotatable bonds is 2. The first-order valence-electron chi connectivity index (χ1n) is 15.3. The van der Waals surface area contributed by atoms with Crippen molar-refractivity contribution in [1.29, 1.82) is 0 Å². The van der Waals surface area contributed by atoms with Gasteiger partial charge in [0, 0.05) is 38.1 Å². The Hall–Kier alpha value is -6.06. The smallest absolute Gasteiger partial charge is 0.160 e. The fourth-order valence-corrected chi connectivity index (χ4v) is 7.21. The van der Waals surface area contributed by atoms with E-state index in [9.17, 15) is 0 Å². The second-order valence-corrected chi connectivity index (χ2v) is 11.7. The molecule has 0 radical (unpaired) electrons. The Morgan fingerprint density at radius 3 is 1.93 bits per heavy atom. The highest BCUT2D eigenvalue weighted by atomic mass is 16.3. The van der Waals surface area contributed by atoms with E-state index in [1.54, 1.807) is 0 Å². The van der Waals surface area contributed by atoms with Gasteiger partial charge in [0.25, 0.3) is 0 Å². The zero-order chi connectivity index (χ0) is 29.5. The first-order chi connectivity index (χ1) is 22.3. The fourth-order valence-electron chi connectivity index (χ4n) is 7.21. The molecule has 0 bridgehead atoms. The van der Waals surface area contributed by atoms with Crippen LogP contribution >= 0.6 is 0 Å². The standard InChI is InChI=1S/C42H24N2O/c1-2-11-26(12-3-1)40-34-21-18-25-10-4-5-13-28(25)41(34)44-42(43-40)27-19-20-30-32-22-23-37-39(33-16-8-9-17-36(33)45-37)38(32)31-15-7-6-14-29(31)35(30)24-27/h1-24H. The summed E-state index contributed by atoms with van der Waals surface area (Å²) in [4.78, 5) is 10.5. The van der Waals surface area contributed by atoms with E-state index >= 15 is 0 Å². The van der Waals surface area contributed by atoms with Crippen LogP contribution in [0.3, 0.4) is 0 Å². The average molecular weight is 573 g/mol. The molecule has 0 fully saturated rings. The maximum atomic E-state index is 6.30. The maximum absolute atomic E-state index is 6.30. The van der Waals surface area contributed by atoms with Crippen molar-refractivity contribution in [3.8, 4) is 22.6 Å². The molecule has 0 spiro atoms. The molecule has 45 heavy (non-hydrogen) atoms. The molecule has 2 heterocycles. The van der Waals surface area contributed by atoms with Crippen LogP contribution in [0.4, 0.5) is 0 Å². The molecule has 0 aliphatic rings. The predicted octanol–water partition coefficient (Wildman–Crippen LogP) is 11.5. The summed E-state index contributed by atoms with van der Waals surface area (Å²) in [6, 6.07) is 51.3. The summed E-state index contributed by atoms with van der Waals surface area (Å²) >= 11 is 0. The van der Waals surface area contributed by atoms with Gasteiger partial charge >= 0.3 is 0 Å². The molecule has 0 saturated heterocycles. The molecule has 0 atom stereocenters. The van der Waals surface area contributed by atoms with E-state index in [-0.39, 0.29) is 0 Å². The van der Waals surface area contributed by atoms with Crippen molar-refractivity contribution in [3.63, 3.8) is 0 Å². The van der Waals surface area contributed by atoms with E-state index in [1.807, 2.05) is 18.2 Å². The highest BCUT2D eigenvalue weighted by Gasteiger charge is 2.18. The number of hydrogen-bond donors (Lipinski definition) is 0. The molecule has 208 valence electrons. The van der Waals surface area contributed by atoms with Gasteiger partial charge in [0.1, 0.15) is 11.2 Å². The molecule has 0 saturated carbocycles. The second-order valence-electron chi connectivity index (χ2n) is 11.7. The summed E-state index contributed by atoms with van der Waals surface area (Å²) in [5, 5.41) is 12.9. The van der Waals surface area contributed by atoms with E-state index in [0.717, 1.165) is 55.5 Å². The quantitative estimate of drug-likeness (QED) is 0.193. The molecule has 10 rings (SSSR count). The zero-order valence-corrected chi connectivity index (χ0v) is 24.2. The summed E-state index contributed by atoms with van der Waals surface area (Å²) in [5.41, 5.74) is 5.81. The minimum absolute atomic E-state index is 0.722. The summed E-state index contributed by atoms with van der Waals surface area (Å²) in [6.45, 7) is 0. The van der Waals surface area contributed by atoms with E-state index in [0.29, 0.717) is 0 Å². The molecule has 0 N–H and O–H groups in total. The number of hydrogen-bond acceptors (Lipinski definition) is 3. The number of para-hydroxylation sites is 1. The highest BCUT2D eigenvalue weighted by Crippen LogP contribution is 2.43. The minimum Gasteiger partial charge on any atom is -0.456 e. The third kappa shape index (κ3) is 3.52. The molecule has 0 unspecified atom stereocenters. The molecule has 10 aromatic rings. The Morgan fingerprint density at radius 1 is 0.378 bits per heavy atom. The lowest BCUT2D eigenvalue weighted by molar-refractivity contribution is 0.669. The van der Waals surface area contributed by atoms with Crippen LogP contribution in [0.15, 0.2) is 150 Å². The van der Waals surface area contributed by atoms with Crippen LogP contribution in [0, 0.1) is 0 Å². The van der Waals surface area contributed by atoms with E-state index < -0.39 is 0 Å². The van der Waals surface area contributed by atoms with Crippen molar-refractivity contribution in [1.82, 2.24) is 9.97 Å². The second kappa shape index (κ2) is 9.22. The monoisotopic (exact) mass is 572 g/mol. The van der Waals surface area contributed by atoms with Gasteiger partial charge in [-0.25, -0.2) is 9.97 Å². The maximum Gasteiger partial charge on any atom is 0.160 e. The average Bonchev–Trinajstić information content (AvgIpc) is 3.50. The van der Waals surface area contributed by atoms with Crippen LogP contribution in [-0.4, -0.2) is 9.97 Å². The van der Waals surface area contributed by atoms with E-state index in [4.69, 9.17) is 14.4 Å². The van der Waals surface area contributed by atoms with Crippen LogP contribution < -0.4 is 0 Å². The van der Waals surface area contributed by atoms with Crippen LogP contribution in [0.5, 0.6) is 0 Å². The molecule has 0 aliphatic carbocycles. The minimum atomic E-state index is 0.722. The molecule has 2 aromatic heterocycles. The SMILES string of the molecule is c1ccc(-c2nc(-c3ccc4c(c3)c3ccccc3c3c4ccc4oc5ccccc5c43)nc3c2ccc2ccccc23)cc1.